The van der Waals surface area contributed by atoms with Crippen LogP contribution in [0.4, 0.5) is 5.82 Å². The van der Waals surface area contributed by atoms with Crippen molar-refractivity contribution >= 4 is 21.7 Å². The van der Waals surface area contributed by atoms with Crippen molar-refractivity contribution in [2.75, 3.05) is 5.32 Å². The summed E-state index contributed by atoms with van der Waals surface area (Å²) in [5.74, 6) is 0.907. The lowest BCUT2D eigenvalue weighted by Gasteiger charge is -2.23. The maximum atomic E-state index is 6.17. The molecule has 3 nitrogen and oxygen atoms in total. The third-order valence-corrected chi connectivity index (χ3v) is 3.79. The molecule has 2 atom stereocenters. The van der Waals surface area contributed by atoms with Crippen molar-refractivity contribution in [2.24, 2.45) is 5.73 Å². The quantitative estimate of drug-likeness (QED) is 0.821. The zero-order chi connectivity index (χ0) is 11.4. The first-order valence-electron chi connectivity index (χ1n) is 5.90. The Morgan fingerprint density at radius 2 is 2.12 bits per heavy atom. The Bertz CT molecular complexity index is 343. The van der Waals surface area contributed by atoms with Crippen LogP contribution in [-0.4, -0.2) is 17.1 Å². The van der Waals surface area contributed by atoms with E-state index in [-0.39, 0.29) is 6.04 Å². The van der Waals surface area contributed by atoms with Gasteiger partial charge in [0.05, 0.1) is 4.47 Å². The average Bonchev–Trinajstić information content (AvgIpc) is 2.48. The van der Waals surface area contributed by atoms with Crippen LogP contribution in [0, 0.1) is 0 Å². The van der Waals surface area contributed by atoms with Crippen molar-refractivity contribution in [3.8, 4) is 0 Å². The van der Waals surface area contributed by atoms with E-state index in [1.807, 2.05) is 12.1 Å². The molecule has 0 aromatic carbocycles. The summed E-state index contributed by atoms with van der Waals surface area (Å²) in [4.78, 5) is 4.32. The molecular formula is C12H18BrN3. The lowest BCUT2D eigenvalue weighted by Crippen LogP contribution is -2.39. The summed E-state index contributed by atoms with van der Waals surface area (Å²) in [5, 5.41) is 3.46. The van der Waals surface area contributed by atoms with Gasteiger partial charge in [0.2, 0.25) is 0 Å². The average molecular weight is 284 g/mol. The minimum Gasteiger partial charge on any atom is -0.365 e. The van der Waals surface area contributed by atoms with Crippen molar-refractivity contribution in [1.29, 1.82) is 0 Å². The molecule has 2 unspecified atom stereocenters. The Labute approximate surface area is 105 Å². The van der Waals surface area contributed by atoms with E-state index in [2.05, 4.69) is 26.2 Å². The number of nitrogens with zero attached hydrogens (tertiary/aromatic N) is 1. The SMILES string of the molecule is NC1CCCCCC1Nc1ncccc1Br. The van der Waals surface area contributed by atoms with Crippen LogP contribution in [0.5, 0.6) is 0 Å². The molecule has 1 aromatic rings. The third-order valence-electron chi connectivity index (χ3n) is 3.15. The van der Waals surface area contributed by atoms with E-state index in [9.17, 15) is 0 Å². The monoisotopic (exact) mass is 283 g/mol. The van der Waals surface area contributed by atoms with Crippen LogP contribution in [0.1, 0.15) is 32.1 Å². The molecule has 88 valence electrons. The van der Waals surface area contributed by atoms with E-state index in [1.165, 1.54) is 19.3 Å². The van der Waals surface area contributed by atoms with Crippen molar-refractivity contribution in [2.45, 2.75) is 44.2 Å². The Morgan fingerprint density at radius 1 is 1.31 bits per heavy atom. The van der Waals surface area contributed by atoms with Crippen LogP contribution in [0.3, 0.4) is 0 Å². The minimum absolute atomic E-state index is 0.247. The Kier molecular flexibility index (Phi) is 4.18. The molecule has 1 aromatic heterocycles. The van der Waals surface area contributed by atoms with Gasteiger partial charge in [0.15, 0.2) is 0 Å². The summed E-state index contributed by atoms with van der Waals surface area (Å²) in [6, 6.07) is 4.52. The molecule has 2 rings (SSSR count). The first-order valence-corrected chi connectivity index (χ1v) is 6.69. The summed E-state index contributed by atoms with van der Waals surface area (Å²) in [5.41, 5.74) is 6.17. The van der Waals surface area contributed by atoms with Gasteiger partial charge in [-0.3, -0.25) is 0 Å². The smallest absolute Gasteiger partial charge is 0.140 e. The number of aromatic nitrogens is 1. The van der Waals surface area contributed by atoms with Crippen LogP contribution in [0.25, 0.3) is 0 Å². The van der Waals surface area contributed by atoms with Gasteiger partial charge in [-0.1, -0.05) is 19.3 Å². The zero-order valence-electron chi connectivity index (χ0n) is 9.32. The molecule has 4 heteroatoms. The molecule has 0 amide bonds. The Balaban J connectivity index is 2.05. The lowest BCUT2D eigenvalue weighted by atomic mass is 10.0. The normalized spacial score (nSPS) is 26.1. The fraction of sp³-hybridized carbons (Fsp3) is 0.583. The molecule has 1 heterocycles. The number of rotatable bonds is 2. The van der Waals surface area contributed by atoms with Crippen molar-refractivity contribution in [3.63, 3.8) is 0 Å². The van der Waals surface area contributed by atoms with E-state index in [1.54, 1.807) is 6.20 Å². The number of nitrogens with two attached hydrogens (primary N) is 1. The highest BCUT2D eigenvalue weighted by molar-refractivity contribution is 9.10. The highest BCUT2D eigenvalue weighted by atomic mass is 79.9. The number of halogens is 1. The largest absolute Gasteiger partial charge is 0.365 e. The van der Waals surface area contributed by atoms with E-state index in [0.717, 1.165) is 23.1 Å². The van der Waals surface area contributed by atoms with Gasteiger partial charge in [-0.2, -0.15) is 0 Å². The summed E-state index contributed by atoms with van der Waals surface area (Å²) < 4.78 is 1.01. The Hall–Kier alpha value is -0.610. The standard InChI is InChI=1S/C12H18BrN3/c13-9-5-4-8-15-12(9)16-11-7-3-1-2-6-10(11)14/h4-5,8,10-11H,1-3,6-7,14H2,(H,15,16). The van der Waals surface area contributed by atoms with Crippen LogP contribution in [0.15, 0.2) is 22.8 Å². The first kappa shape index (κ1) is 11.9. The van der Waals surface area contributed by atoms with E-state index >= 15 is 0 Å². The summed E-state index contributed by atoms with van der Waals surface area (Å²) >= 11 is 3.50. The van der Waals surface area contributed by atoms with E-state index < -0.39 is 0 Å². The van der Waals surface area contributed by atoms with Crippen LogP contribution in [0.2, 0.25) is 0 Å². The molecule has 1 aliphatic carbocycles. The first-order chi connectivity index (χ1) is 7.77. The van der Waals surface area contributed by atoms with Gasteiger partial charge in [-0.05, 0) is 40.9 Å². The fourth-order valence-corrected chi connectivity index (χ4v) is 2.55. The van der Waals surface area contributed by atoms with E-state index in [4.69, 9.17) is 5.73 Å². The predicted molar refractivity (Wildman–Crippen MR) is 70.4 cm³/mol. The van der Waals surface area contributed by atoms with Gasteiger partial charge < -0.3 is 11.1 Å². The lowest BCUT2D eigenvalue weighted by molar-refractivity contribution is 0.527. The zero-order valence-corrected chi connectivity index (χ0v) is 10.9. The highest BCUT2D eigenvalue weighted by Gasteiger charge is 2.20. The predicted octanol–water partition coefficient (Wildman–Crippen LogP) is 2.92. The fourth-order valence-electron chi connectivity index (χ4n) is 2.18. The van der Waals surface area contributed by atoms with Crippen molar-refractivity contribution < 1.29 is 0 Å². The van der Waals surface area contributed by atoms with Gasteiger partial charge in [0, 0.05) is 18.3 Å². The molecule has 1 saturated carbocycles. The molecular weight excluding hydrogens is 266 g/mol. The Morgan fingerprint density at radius 3 is 2.94 bits per heavy atom. The molecule has 1 fully saturated rings. The number of nitrogens with one attached hydrogen (secondary N) is 1. The third kappa shape index (κ3) is 2.95. The second-order valence-electron chi connectivity index (χ2n) is 4.39. The minimum atomic E-state index is 0.247. The van der Waals surface area contributed by atoms with Crippen LogP contribution >= 0.6 is 15.9 Å². The molecule has 0 radical (unpaired) electrons. The summed E-state index contributed by atoms with van der Waals surface area (Å²) in [6.45, 7) is 0. The molecule has 0 spiro atoms. The number of anilines is 1. The number of hydrogen-bond donors (Lipinski definition) is 2. The molecule has 0 bridgehead atoms. The molecule has 0 saturated heterocycles. The van der Waals surface area contributed by atoms with Crippen molar-refractivity contribution in [3.05, 3.63) is 22.8 Å². The maximum Gasteiger partial charge on any atom is 0.140 e. The van der Waals surface area contributed by atoms with Gasteiger partial charge >= 0.3 is 0 Å². The van der Waals surface area contributed by atoms with Gasteiger partial charge in [0.25, 0.3) is 0 Å². The van der Waals surface area contributed by atoms with E-state index in [0.29, 0.717) is 6.04 Å². The van der Waals surface area contributed by atoms with Crippen LogP contribution < -0.4 is 11.1 Å². The second kappa shape index (κ2) is 5.64. The molecule has 3 N–H and O–H groups in total. The van der Waals surface area contributed by atoms with Crippen LogP contribution in [-0.2, 0) is 0 Å². The number of hydrogen-bond acceptors (Lipinski definition) is 3. The van der Waals surface area contributed by atoms with Gasteiger partial charge in [-0.15, -0.1) is 0 Å². The molecule has 0 aliphatic heterocycles. The topological polar surface area (TPSA) is 50.9 Å². The maximum absolute atomic E-state index is 6.17. The summed E-state index contributed by atoms with van der Waals surface area (Å²) in [6.07, 6.45) is 7.87. The van der Waals surface area contributed by atoms with Gasteiger partial charge in [-0.25, -0.2) is 4.98 Å². The molecule has 1 aliphatic rings. The summed E-state index contributed by atoms with van der Waals surface area (Å²) in [7, 11) is 0. The second-order valence-corrected chi connectivity index (χ2v) is 5.24. The highest BCUT2D eigenvalue weighted by Crippen LogP contribution is 2.24. The molecule has 16 heavy (non-hydrogen) atoms. The van der Waals surface area contributed by atoms with Gasteiger partial charge in [0.1, 0.15) is 5.82 Å². The van der Waals surface area contributed by atoms with Crippen molar-refractivity contribution in [1.82, 2.24) is 4.98 Å². The number of pyridine rings is 1.